The van der Waals surface area contributed by atoms with Gasteiger partial charge >= 0.3 is 0 Å². The lowest BCUT2D eigenvalue weighted by Crippen LogP contribution is -2.21. The summed E-state index contributed by atoms with van der Waals surface area (Å²) in [7, 11) is 3.96. The average Bonchev–Trinajstić information content (AvgIpc) is 2.75. The van der Waals surface area contributed by atoms with Crippen LogP contribution in [0.25, 0.3) is 0 Å². The predicted molar refractivity (Wildman–Crippen MR) is 75.8 cm³/mol. The van der Waals surface area contributed by atoms with Crippen LogP contribution in [-0.4, -0.2) is 27.6 Å². The van der Waals surface area contributed by atoms with E-state index in [4.69, 9.17) is 11.1 Å². The zero-order chi connectivity index (χ0) is 13.8. The number of aromatic nitrogens is 2. The molecule has 2 rings (SSSR count). The fraction of sp³-hybridized carbons (Fsp3) is 0.286. The zero-order valence-corrected chi connectivity index (χ0v) is 11.3. The molecule has 0 bridgehead atoms. The number of nitrogens with zero attached hydrogens (tertiary/aromatic N) is 3. The number of aryl methyl sites for hydroxylation is 1. The van der Waals surface area contributed by atoms with Crippen LogP contribution in [0.4, 0.5) is 0 Å². The van der Waals surface area contributed by atoms with Crippen molar-refractivity contribution >= 4 is 5.84 Å². The van der Waals surface area contributed by atoms with E-state index in [1.165, 1.54) is 5.56 Å². The molecule has 5 nitrogen and oxygen atoms in total. The highest BCUT2D eigenvalue weighted by atomic mass is 15.2. The molecule has 0 spiro atoms. The van der Waals surface area contributed by atoms with Gasteiger partial charge in [0.2, 0.25) is 0 Å². The molecule has 1 aromatic carbocycles. The smallest absolute Gasteiger partial charge is 0.123 e. The minimum Gasteiger partial charge on any atom is -0.384 e. The number of rotatable bonds is 5. The van der Waals surface area contributed by atoms with Crippen molar-refractivity contribution in [3.63, 3.8) is 0 Å². The molecule has 0 aliphatic heterocycles. The SMILES string of the molecule is CN(Cc1cnn(C)c1)Cc1ccccc1C(=N)N. The number of amidine groups is 1. The molecular weight excluding hydrogens is 238 g/mol. The largest absolute Gasteiger partial charge is 0.384 e. The van der Waals surface area contributed by atoms with Crippen molar-refractivity contribution in [3.05, 3.63) is 53.3 Å². The molecule has 0 aliphatic carbocycles. The van der Waals surface area contributed by atoms with Gasteiger partial charge in [-0.15, -0.1) is 0 Å². The molecule has 0 atom stereocenters. The Hall–Kier alpha value is -2.14. The van der Waals surface area contributed by atoms with Crippen LogP contribution in [0, 0.1) is 5.41 Å². The fourth-order valence-corrected chi connectivity index (χ4v) is 2.13. The molecular formula is C14H19N5. The standard InChI is InChI=1S/C14H19N5/c1-18(8-11-7-17-19(2)9-11)10-12-5-3-4-6-13(12)14(15)16/h3-7,9H,8,10H2,1-2H3,(H3,15,16). The van der Waals surface area contributed by atoms with Gasteiger partial charge in [0, 0.05) is 37.5 Å². The van der Waals surface area contributed by atoms with Crippen molar-refractivity contribution in [2.75, 3.05) is 7.05 Å². The lowest BCUT2D eigenvalue weighted by molar-refractivity contribution is 0.319. The molecule has 0 fully saturated rings. The first kappa shape index (κ1) is 13.3. The minimum absolute atomic E-state index is 0.116. The van der Waals surface area contributed by atoms with E-state index < -0.39 is 0 Å². The van der Waals surface area contributed by atoms with E-state index in [1.54, 1.807) is 4.68 Å². The van der Waals surface area contributed by atoms with Crippen LogP contribution < -0.4 is 5.73 Å². The van der Waals surface area contributed by atoms with Crippen LogP contribution in [-0.2, 0) is 20.1 Å². The summed E-state index contributed by atoms with van der Waals surface area (Å²) in [4.78, 5) is 2.18. The number of nitrogen functional groups attached to an aromatic ring is 1. The van der Waals surface area contributed by atoms with Crippen LogP contribution in [0.1, 0.15) is 16.7 Å². The third kappa shape index (κ3) is 3.42. The molecule has 1 heterocycles. The van der Waals surface area contributed by atoms with Gasteiger partial charge in [0.1, 0.15) is 5.84 Å². The number of hydrogen-bond donors (Lipinski definition) is 2. The Balaban J connectivity index is 2.06. The predicted octanol–water partition coefficient (Wildman–Crippen LogP) is 1.34. The minimum atomic E-state index is 0.116. The van der Waals surface area contributed by atoms with Crippen LogP contribution >= 0.6 is 0 Å². The molecule has 2 aromatic rings. The second kappa shape index (κ2) is 5.67. The first-order chi connectivity index (χ1) is 9.06. The summed E-state index contributed by atoms with van der Waals surface area (Å²) in [5.41, 5.74) is 8.65. The maximum atomic E-state index is 7.59. The molecule has 0 unspecified atom stereocenters. The van der Waals surface area contributed by atoms with E-state index in [0.717, 1.165) is 24.2 Å². The number of nitrogens with one attached hydrogen (secondary N) is 1. The summed E-state index contributed by atoms with van der Waals surface area (Å²) >= 11 is 0. The summed E-state index contributed by atoms with van der Waals surface area (Å²) in [6, 6.07) is 7.77. The zero-order valence-electron chi connectivity index (χ0n) is 11.3. The van der Waals surface area contributed by atoms with E-state index in [0.29, 0.717) is 0 Å². The lowest BCUT2D eigenvalue weighted by atomic mass is 10.1. The number of nitrogens with two attached hydrogens (primary N) is 1. The van der Waals surface area contributed by atoms with Crippen molar-refractivity contribution in [1.29, 1.82) is 5.41 Å². The van der Waals surface area contributed by atoms with Crippen molar-refractivity contribution in [2.45, 2.75) is 13.1 Å². The highest BCUT2D eigenvalue weighted by molar-refractivity contribution is 5.96. The topological polar surface area (TPSA) is 70.9 Å². The number of benzene rings is 1. The van der Waals surface area contributed by atoms with E-state index in [2.05, 4.69) is 10.00 Å². The Morgan fingerprint density at radius 3 is 2.74 bits per heavy atom. The van der Waals surface area contributed by atoms with Gasteiger partial charge in [-0.2, -0.15) is 5.10 Å². The Morgan fingerprint density at radius 2 is 2.11 bits per heavy atom. The molecule has 3 N–H and O–H groups in total. The van der Waals surface area contributed by atoms with Gasteiger partial charge < -0.3 is 5.73 Å². The maximum Gasteiger partial charge on any atom is 0.123 e. The highest BCUT2D eigenvalue weighted by Gasteiger charge is 2.08. The molecule has 100 valence electrons. The molecule has 0 saturated heterocycles. The van der Waals surface area contributed by atoms with Crippen molar-refractivity contribution in [1.82, 2.24) is 14.7 Å². The van der Waals surface area contributed by atoms with Crippen molar-refractivity contribution in [3.8, 4) is 0 Å². The second-order valence-electron chi connectivity index (χ2n) is 4.77. The van der Waals surface area contributed by atoms with Gasteiger partial charge in [0.05, 0.1) is 6.20 Å². The van der Waals surface area contributed by atoms with Crippen molar-refractivity contribution in [2.24, 2.45) is 12.8 Å². The third-order valence-electron chi connectivity index (χ3n) is 2.96. The first-order valence-corrected chi connectivity index (χ1v) is 6.14. The second-order valence-corrected chi connectivity index (χ2v) is 4.77. The molecule has 1 aromatic heterocycles. The molecule has 0 aliphatic rings. The van der Waals surface area contributed by atoms with Crippen LogP contribution in [0.2, 0.25) is 0 Å². The van der Waals surface area contributed by atoms with Gasteiger partial charge in [-0.05, 0) is 12.6 Å². The fourth-order valence-electron chi connectivity index (χ4n) is 2.13. The van der Waals surface area contributed by atoms with E-state index in [-0.39, 0.29) is 5.84 Å². The van der Waals surface area contributed by atoms with E-state index in [1.807, 2.05) is 50.8 Å². The molecule has 0 radical (unpaired) electrons. The quantitative estimate of drug-likeness (QED) is 0.627. The summed E-state index contributed by atoms with van der Waals surface area (Å²) < 4.78 is 1.80. The van der Waals surface area contributed by atoms with Crippen LogP contribution in [0.3, 0.4) is 0 Å². The summed E-state index contributed by atoms with van der Waals surface area (Å²) in [6.07, 6.45) is 3.88. The van der Waals surface area contributed by atoms with Gasteiger partial charge in [-0.3, -0.25) is 15.0 Å². The molecule has 5 heteroatoms. The molecule has 0 saturated carbocycles. The first-order valence-electron chi connectivity index (χ1n) is 6.14. The van der Waals surface area contributed by atoms with Gasteiger partial charge in [0.25, 0.3) is 0 Å². The van der Waals surface area contributed by atoms with Gasteiger partial charge in [0.15, 0.2) is 0 Å². The van der Waals surface area contributed by atoms with E-state index >= 15 is 0 Å². The van der Waals surface area contributed by atoms with E-state index in [9.17, 15) is 0 Å². The highest BCUT2D eigenvalue weighted by Crippen LogP contribution is 2.12. The Bertz CT molecular complexity index is 573. The lowest BCUT2D eigenvalue weighted by Gasteiger charge is -2.17. The summed E-state index contributed by atoms with van der Waals surface area (Å²) in [5, 5.41) is 11.7. The Labute approximate surface area is 113 Å². The van der Waals surface area contributed by atoms with Crippen LogP contribution in [0.15, 0.2) is 36.7 Å². The van der Waals surface area contributed by atoms with Crippen LogP contribution in [0.5, 0.6) is 0 Å². The normalized spacial score (nSPS) is 10.9. The summed E-state index contributed by atoms with van der Waals surface area (Å²) in [5.74, 6) is 0.116. The maximum absolute atomic E-state index is 7.59. The van der Waals surface area contributed by atoms with Gasteiger partial charge in [-0.1, -0.05) is 24.3 Å². The molecule has 19 heavy (non-hydrogen) atoms. The van der Waals surface area contributed by atoms with Crippen molar-refractivity contribution < 1.29 is 0 Å². The Kier molecular flexibility index (Phi) is 3.97. The third-order valence-corrected chi connectivity index (χ3v) is 2.96. The summed E-state index contributed by atoms with van der Waals surface area (Å²) in [6.45, 7) is 1.57. The Morgan fingerprint density at radius 1 is 1.37 bits per heavy atom. The van der Waals surface area contributed by atoms with Gasteiger partial charge in [-0.25, -0.2) is 0 Å². The number of hydrogen-bond acceptors (Lipinski definition) is 3. The molecule has 0 amide bonds. The average molecular weight is 257 g/mol. The monoisotopic (exact) mass is 257 g/mol.